The van der Waals surface area contributed by atoms with Crippen LogP contribution >= 0.6 is 50.9 Å². The number of anilines is 1. The zero-order valence-corrected chi connectivity index (χ0v) is 24.0. The van der Waals surface area contributed by atoms with Gasteiger partial charge in [0.1, 0.15) is 5.82 Å². The fourth-order valence-corrected chi connectivity index (χ4v) is 5.06. The number of carbonyl (C=O) groups is 2. The third-order valence-electron chi connectivity index (χ3n) is 5.09. The number of nitrogens with zero attached hydrogens (tertiary/aromatic N) is 3. The van der Waals surface area contributed by atoms with Crippen molar-refractivity contribution in [1.29, 1.82) is 0 Å². The number of thioether (sulfide) groups is 1. The summed E-state index contributed by atoms with van der Waals surface area (Å²) in [6.07, 6.45) is 2.26. The minimum Gasteiger partial charge on any atom is -0.342 e. The summed E-state index contributed by atoms with van der Waals surface area (Å²) in [6.45, 7) is 8.23. The highest BCUT2D eigenvalue weighted by atomic mass is 79.9. The number of aromatic nitrogens is 3. The molecule has 0 saturated carbocycles. The van der Waals surface area contributed by atoms with Crippen LogP contribution in [0.2, 0.25) is 10.0 Å². The molecule has 2 aromatic carbocycles. The summed E-state index contributed by atoms with van der Waals surface area (Å²) in [4.78, 5) is 25.5. The topological polar surface area (TPSA) is 88.9 Å². The SMILES string of the molecule is C=CCn1c(SCC(=O)Nc2ccc(Br)cc2F)nnc1[C@H](CC(C)C)NC(=O)c1ccc(Cl)cc1Cl. The molecule has 0 bridgehead atoms. The molecule has 37 heavy (non-hydrogen) atoms. The molecule has 196 valence electrons. The fraction of sp³-hybridized carbons (Fsp3) is 0.280. The van der Waals surface area contributed by atoms with Gasteiger partial charge in [-0.3, -0.25) is 9.59 Å². The molecular weight excluding hydrogens is 604 g/mol. The van der Waals surface area contributed by atoms with Gasteiger partial charge in [0.15, 0.2) is 11.0 Å². The van der Waals surface area contributed by atoms with Crippen LogP contribution in [0.3, 0.4) is 0 Å². The minimum atomic E-state index is -0.544. The van der Waals surface area contributed by atoms with Crippen LogP contribution in [0.25, 0.3) is 0 Å². The Kier molecular flexibility index (Phi) is 10.6. The molecule has 0 aliphatic heterocycles. The number of hydrogen-bond acceptors (Lipinski definition) is 5. The Balaban J connectivity index is 1.79. The maximum atomic E-state index is 14.1. The predicted molar refractivity (Wildman–Crippen MR) is 150 cm³/mol. The van der Waals surface area contributed by atoms with Gasteiger partial charge >= 0.3 is 0 Å². The summed E-state index contributed by atoms with van der Waals surface area (Å²) in [6, 6.07) is 8.58. The van der Waals surface area contributed by atoms with Crippen molar-refractivity contribution in [2.24, 2.45) is 5.92 Å². The molecule has 2 N–H and O–H groups in total. The van der Waals surface area contributed by atoms with Crippen LogP contribution in [0.1, 0.15) is 42.5 Å². The Labute approximate surface area is 237 Å². The lowest BCUT2D eigenvalue weighted by Crippen LogP contribution is -2.32. The quantitative estimate of drug-likeness (QED) is 0.178. The first-order valence-corrected chi connectivity index (χ1v) is 13.8. The summed E-state index contributed by atoms with van der Waals surface area (Å²) >= 11 is 16.5. The molecule has 1 atom stereocenters. The minimum absolute atomic E-state index is 0.0215. The summed E-state index contributed by atoms with van der Waals surface area (Å²) in [5.74, 6) is -0.586. The largest absolute Gasteiger partial charge is 0.342 e. The fourth-order valence-electron chi connectivity index (χ4n) is 3.48. The second-order valence-electron chi connectivity index (χ2n) is 8.48. The molecule has 1 aromatic heterocycles. The highest BCUT2D eigenvalue weighted by Gasteiger charge is 2.25. The predicted octanol–water partition coefficient (Wildman–Crippen LogP) is 6.92. The molecule has 0 fully saturated rings. The van der Waals surface area contributed by atoms with Gasteiger partial charge in [0, 0.05) is 16.0 Å². The Morgan fingerprint density at radius 1 is 1.22 bits per heavy atom. The van der Waals surface area contributed by atoms with Gasteiger partial charge in [-0.2, -0.15) is 0 Å². The van der Waals surface area contributed by atoms with Crippen molar-refractivity contribution in [3.8, 4) is 0 Å². The van der Waals surface area contributed by atoms with Crippen LogP contribution in [0.4, 0.5) is 10.1 Å². The molecular formula is C25H25BrCl2FN5O2S. The number of allylic oxidation sites excluding steroid dienone is 1. The van der Waals surface area contributed by atoms with E-state index >= 15 is 0 Å². The smallest absolute Gasteiger partial charge is 0.253 e. The molecule has 2 amide bonds. The van der Waals surface area contributed by atoms with Crippen LogP contribution in [0, 0.1) is 11.7 Å². The Bertz CT molecular complexity index is 1300. The first-order valence-electron chi connectivity index (χ1n) is 11.3. The van der Waals surface area contributed by atoms with Gasteiger partial charge in [0.25, 0.3) is 5.91 Å². The molecule has 12 heteroatoms. The average molecular weight is 629 g/mol. The standard InChI is InChI=1S/C25H25BrCl2FN5O2S/c1-4-9-34-23(21(10-14(2)3)31-24(36)17-7-6-16(27)12-18(17)28)32-33-25(34)37-13-22(35)30-20-8-5-15(26)11-19(20)29/h4-8,11-12,14,21H,1,9-10,13H2,2-3H3,(H,30,35)(H,31,36)/t21-/m0/s1. The van der Waals surface area contributed by atoms with Crippen LogP contribution in [0.15, 0.2) is 58.7 Å². The van der Waals surface area contributed by atoms with Gasteiger partial charge in [-0.25, -0.2) is 4.39 Å². The van der Waals surface area contributed by atoms with Crippen molar-refractivity contribution in [2.75, 3.05) is 11.1 Å². The van der Waals surface area contributed by atoms with Gasteiger partial charge in [0.2, 0.25) is 5.91 Å². The summed E-state index contributed by atoms with van der Waals surface area (Å²) < 4.78 is 16.4. The number of carbonyl (C=O) groups excluding carboxylic acids is 2. The molecule has 7 nitrogen and oxygen atoms in total. The highest BCUT2D eigenvalue weighted by molar-refractivity contribution is 9.10. The van der Waals surface area contributed by atoms with Gasteiger partial charge in [0.05, 0.1) is 28.1 Å². The number of hydrogen-bond donors (Lipinski definition) is 2. The summed E-state index contributed by atoms with van der Waals surface area (Å²) in [5, 5.41) is 15.3. The van der Waals surface area contributed by atoms with Gasteiger partial charge < -0.3 is 15.2 Å². The molecule has 1 heterocycles. The lowest BCUT2D eigenvalue weighted by Gasteiger charge is -2.21. The van der Waals surface area contributed by atoms with Crippen LogP contribution < -0.4 is 10.6 Å². The number of benzene rings is 2. The van der Waals surface area contributed by atoms with E-state index in [1.54, 1.807) is 28.8 Å². The average Bonchev–Trinajstić information content (AvgIpc) is 3.21. The third kappa shape index (κ3) is 8.04. The Morgan fingerprint density at radius 3 is 2.62 bits per heavy atom. The van der Waals surface area contributed by atoms with E-state index in [4.69, 9.17) is 23.2 Å². The van der Waals surface area contributed by atoms with E-state index < -0.39 is 17.8 Å². The molecule has 0 spiro atoms. The van der Waals surface area contributed by atoms with Crippen LogP contribution in [-0.2, 0) is 11.3 Å². The third-order valence-corrected chi connectivity index (χ3v) is 7.10. The zero-order valence-electron chi connectivity index (χ0n) is 20.1. The second-order valence-corrected chi connectivity index (χ2v) is 11.2. The zero-order chi connectivity index (χ0) is 27.1. The number of halogens is 4. The lowest BCUT2D eigenvalue weighted by molar-refractivity contribution is -0.113. The van der Waals surface area contributed by atoms with E-state index in [1.165, 1.54) is 18.2 Å². The number of amides is 2. The molecule has 0 radical (unpaired) electrons. The van der Waals surface area contributed by atoms with Crippen molar-refractivity contribution in [3.05, 3.63) is 80.8 Å². The Morgan fingerprint density at radius 2 is 1.97 bits per heavy atom. The van der Waals surface area contributed by atoms with Crippen molar-refractivity contribution in [3.63, 3.8) is 0 Å². The monoisotopic (exact) mass is 627 g/mol. The normalized spacial score (nSPS) is 11.9. The molecule has 0 aliphatic rings. The highest BCUT2D eigenvalue weighted by Crippen LogP contribution is 2.27. The van der Waals surface area contributed by atoms with Gasteiger partial charge in [-0.05, 0) is 48.7 Å². The van der Waals surface area contributed by atoms with Crippen molar-refractivity contribution >= 4 is 68.4 Å². The molecule has 3 aromatic rings. The maximum Gasteiger partial charge on any atom is 0.253 e. The first-order chi connectivity index (χ1) is 17.6. The Hall–Kier alpha value is -2.40. The summed E-state index contributed by atoms with van der Waals surface area (Å²) in [5.41, 5.74) is 0.378. The maximum absolute atomic E-state index is 14.1. The van der Waals surface area contributed by atoms with E-state index in [2.05, 4.69) is 43.3 Å². The van der Waals surface area contributed by atoms with Crippen LogP contribution in [-0.4, -0.2) is 32.3 Å². The number of nitrogens with one attached hydrogen (secondary N) is 2. The van der Waals surface area contributed by atoms with Crippen molar-refractivity contribution in [1.82, 2.24) is 20.1 Å². The summed E-state index contributed by atoms with van der Waals surface area (Å²) in [7, 11) is 0. The van der Waals surface area contributed by atoms with E-state index in [-0.39, 0.29) is 28.3 Å². The molecule has 0 unspecified atom stereocenters. The van der Waals surface area contributed by atoms with Gasteiger partial charge in [-0.15, -0.1) is 16.8 Å². The van der Waals surface area contributed by atoms with E-state index in [0.717, 1.165) is 11.8 Å². The van der Waals surface area contributed by atoms with Crippen molar-refractivity contribution < 1.29 is 14.0 Å². The van der Waals surface area contributed by atoms with E-state index in [1.807, 2.05) is 13.8 Å². The van der Waals surface area contributed by atoms with Gasteiger partial charge in [-0.1, -0.05) is 70.8 Å². The van der Waals surface area contributed by atoms with Crippen LogP contribution in [0.5, 0.6) is 0 Å². The molecule has 0 aliphatic carbocycles. The number of rotatable bonds is 11. The first kappa shape index (κ1) is 29.2. The molecule has 3 rings (SSSR count). The van der Waals surface area contributed by atoms with E-state index in [0.29, 0.717) is 39.0 Å². The van der Waals surface area contributed by atoms with E-state index in [9.17, 15) is 14.0 Å². The second kappa shape index (κ2) is 13.4. The lowest BCUT2D eigenvalue weighted by atomic mass is 10.0. The van der Waals surface area contributed by atoms with Crippen molar-refractivity contribution in [2.45, 2.75) is 38.0 Å². The molecule has 0 saturated heterocycles.